The lowest BCUT2D eigenvalue weighted by Crippen LogP contribution is -2.60. The first kappa shape index (κ1) is 58.7. The van der Waals surface area contributed by atoms with Crippen molar-refractivity contribution in [3.8, 4) is 5.75 Å². The Bertz CT molecular complexity index is 1880. The molecule has 8 atom stereocenters. The Morgan fingerprint density at radius 3 is 1.48 bits per heavy atom. The summed E-state index contributed by atoms with van der Waals surface area (Å²) in [6, 6.07) is -4.69. The van der Waals surface area contributed by atoms with Gasteiger partial charge < -0.3 is 69.3 Å². The maximum Gasteiger partial charge on any atom is 0.326 e. The molecule has 1 aromatic rings. The van der Waals surface area contributed by atoms with Crippen LogP contribution in [0.25, 0.3) is 0 Å². The molecule has 0 bridgehead atoms. The maximum atomic E-state index is 13.7. The van der Waals surface area contributed by atoms with Gasteiger partial charge in [0.1, 0.15) is 48.0 Å². The van der Waals surface area contributed by atoms with Crippen molar-refractivity contribution in [2.24, 2.45) is 35.1 Å². The van der Waals surface area contributed by atoms with E-state index in [0.717, 1.165) is 0 Å². The third kappa shape index (κ3) is 22.1. The van der Waals surface area contributed by atoms with Gasteiger partial charge in [-0.3, -0.25) is 43.2 Å². The third-order valence-corrected chi connectivity index (χ3v) is 10.0. The predicted octanol–water partition coefficient (Wildman–Crippen LogP) is -2.46. The first-order chi connectivity index (χ1) is 31.1. The number of amides is 9. The monoisotopic (exact) mass is 949 g/mol. The number of phenolic OH excluding ortho intramolecular Hbond substituents is 1. The van der Waals surface area contributed by atoms with E-state index in [1.54, 1.807) is 55.4 Å². The number of carbonyl (C=O) groups excluding carboxylic acids is 9. The van der Waals surface area contributed by atoms with Crippen molar-refractivity contribution in [1.29, 1.82) is 0 Å². The summed E-state index contributed by atoms with van der Waals surface area (Å²) in [6.07, 6.45) is -0.340. The average Bonchev–Trinajstić information content (AvgIpc) is 3.22. The van der Waals surface area contributed by atoms with Crippen molar-refractivity contribution in [2.75, 3.05) is 13.2 Å². The van der Waals surface area contributed by atoms with Crippen LogP contribution >= 0.6 is 0 Å². The molecule has 0 spiro atoms. The fourth-order valence-corrected chi connectivity index (χ4v) is 6.49. The highest BCUT2D eigenvalue weighted by molar-refractivity contribution is 5.98. The van der Waals surface area contributed by atoms with Crippen LogP contribution < -0.4 is 54.0 Å². The van der Waals surface area contributed by atoms with Crippen LogP contribution in [-0.4, -0.2) is 136 Å². The Balaban J connectivity index is 3.08. The second-order valence-electron chi connectivity index (χ2n) is 18.1. The molecule has 0 radical (unpaired) electrons. The van der Waals surface area contributed by atoms with Crippen molar-refractivity contribution in [1.82, 2.24) is 42.5 Å². The molecule has 0 saturated heterocycles. The summed E-state index contributed by atoms with van der Waals surface area (Å²) in [5, 5.41) is 49.0. The largest absolute Gasteiger partial charge is 0.508 e. The van der Waals surface area contributed by atoms with E-state index in [1.807, 2.05) is 0 Å². The van der Waals surface area contributed by atoms with Crippen LogP contribution in [0.3, 0.4) is 0 Å². The number of hydrogen-bond acceptors (Lipinski definition) is 13. The van der Waals surface area contributed by atoms with Crippen molar-refractivity contribution in [3.63, 3.8) is 0 Å². The molecule has 0 aliphatic heterocycles. The smallest absolute Gasteiger partial charge is 0.326 e. The van der Waals surface area contributed by atoms with Gasteiger partial charge in [0.2, 0.25) is 53.2 Å². The van der Waals surface area contributed by atoms with Gasteiger partial charge in [-0.15, -0.1) is 0 Å². The van der Waals surface area contributed by atoms with Crippen LogP contribution in [0.2, 0.25) is 0 Å². The van der Waals surface area contributed by atoms with E-state index in [9.17, 15) is 63.3 Å². The molecular formula is C44H72N10O13. The van der Waals surface area contributed by atoms with E-state index in [4.69, 9.17) is 11.5 Å². The number of nitrogens with two attached hydrogens (primary N) is 2. The standard InChI is InChI=1S/C44H72N10O13/c1-21(2)14-29(51-42(64)31(17-26-10-12-27(56)13-11-26)50-38(60)28(45)18-34(46)57)40(62)48-25(9)37(59)49-30(15-22(3)4)41(63)53-33(20-55)39(61)47-19-35(58)54-36(24(7)8)43(65)52-32(44(66)67)16-23(5)6/h10-13,21-25,28-33,36,55-56H,14-20,45H2,1-9H3,(H2,46,57)(H,47,61)(H,48,62)(H,49,59)(H,50,60)(H,51,64)(H,52,65)(H,53,63)(H,54,58)(H,66,67)/t25-,28-,29-,30-,31-,32-,33-,36-/m0/s1. The van der Waals surface area contributed by atoms with Crippen LogP contribution in [0.4, 0.5) is 0 Å². The molecule has 0 aliphatic rings. The van der Waals surface area contributed by atoms with E-state index < -0.39 is 133 Å². The Kier molecular flexibility index (Phi) is 25.1. The number of phenols is 1. The maximum absolute atomic E-state index is 13.7. The van der Waals surface area contributed by atoms with Crippen LogP contribution in [0.1, 0.15) is 93.6 Å². The molecular weight excluding hydrogens is 877 g/mol. The number of aliphatic hydroxyl groups is 1. The summed E-state index contributed by atoms with van der Waals surface area (Å²) in [5.74, 6) is -9.73. The zero-order valence-electron chi connectivity index (χ0n) is 39.8. The summed E-state index contributed by atoms with van der Waals surface area (Å²) < 4.78 is 0. The van der Waals surface area contributed by atoms with Gasteiger partial charge in [0.15, 0.2) is 0 Å². The number of carboxylic acids is 1. The Hall–Kier alpha value is -6.36. The van der Waals surface area contributed by atoms with Gasteiger partial charge in [-0.1, -0.05) is 67.5 Å². The fourth-order valence-electron chi connectivity index (χ4n) is 6.49. The molecule has 67 heavy (non-hydrogen) atoms. The molecule has 0 aliphatic carbocycles. The minimum Gasteiger partial charge on any atom is -0.508 e. The summed E-state index contributed by atoms with van der Waals surface area (Å²) in [6.45, 7) is 13.6. The lowest BCUT2D eigenvalue weighted by atomic mass is 10.00. The van der Waals surface area contributed by atoms with E-state index in [-0.39, 0.29) is 49.2 Å². The van der Waals surface area contributed by atoms with E-state index >= 15 is 0 Å². The van der Waals surface area contributed by atoms with Gasteiger partial charge in [-0.2, -0.15) is 0 Å². The number of aromatic hydroxyl groups is 1. The summed E-state index contributed by atoms with van der Waals surface area (Å²) in [7, 11) is 0. The Morgan fingerprint density at radius 1 is 0.552 bits per heavy atom. The van der Waals surface area contributed by atoms with E-state index in [1.165, 1.54) is 31.2 Å². The van der Waals surface area contributed by atoms with Gasteiger partial charge in [0.25, 0.3) is 0 Å². The minimum atomic E-state index is -1.59. The molecule has 0 saturated carbocycles. The molecule has 0 unspecified atom stereocenters. The molecule has 1 rings (SSSR count). The second kappa shape index (κ2) is 28.6. The number of primary amides is 1. The quantitative estimate of drug-likeness (QED) is 0.0396. The first-order valence-electron chi connectivity index (χ1n) is 22.2. The first-order valence-corrected chi connectivity index (χ1v) is 22.2. The zero-order valence-corrected chi connectivity index (χ0v) is 39.8. The summed E-state index contributed by atoms with van der Waals surface area (Å²) in [5.41, 5.74) is 11.5. The highest BCUT2D eigenvalue weighted by atomic mass is 16.4. The number of carboxylic acid groups (broad SMARTS) is 1. The average molecular weight is 949 g/mol. The molecule has 23 nitrogen and oxygen atoms in total. The number of rotatable bonds is 29. The molecule has 9 amide bonds. The van der Waals surface area contributed by atoms with Crippen LogP contribution in [0, 0.1) is 23.7 Å². The topological polar surface area (TPSA) is 380 Å². The summed E-state index contributed by atoms with van der Waals surface area (Å²) >= 11 is 0. The van der Waals surface area contributed by atoms with Gasteiger partial charge in [0, 0.05) is 6.42 Å². The third-order valence-electron chi connectivity index (χ3n) is 10.0. The predicted molar refractivity (Wildman–Crippen MR) is 244 cm³/mol. The van der Waals surface area contributed by atoms with E-state index in [2.05, 4.69) is 42.5 Å². The molecule has 0 aromatic heterocycles. The summed E-state index contributed by atoms with van der Waals surface area (Å²) in [4.78, 5) is 129. The highest BCUT2D eigenvalue weighted by Crippen LogP contribution is 2.14. The number of hydrogen-bond donors (Lipinski definition) is 13. The molecule has 23 heteroatoms. The van der Waals surface area contributed by atoms with Crippen molar-refractivity contribution >= 4 is 59.1 Å². The minimum absolute atomic E-state index is 0.0439. The van der Waals surface area contributed by atoms with E-state index in [0.29, 0.717) is 5.56 Å². The van der Waals surface area contributed by atoms with Crippen LogP contribution in [-0.2, 0) is 54.4 Å². The van der Waals surface area contributed by atoms with Crippen molar-refractivity contribution in [2.45, 2.75) is 143 Å². The lowest BCUT2D eigenvalue weighted by Gasteiger charge is -2.27. The Labute approximate surface area is 390 Å². The van der Waals surface area contributed by atoms with Crippen LogP contribution in [0.15, 0.2) is 24.3 Å². The number of carbonyl (C=O) groups is 10. The molecule has 0 heterocycles. The number of nitrogens with one attached hydrogen (secondary N) is 8. The number of aliphatic hydroxyl groups excluding tert-OH is 1. The van der Waals surface area contributed by atoms with Gasteiger partial charge in [-0.25, -0.2) is 4.79 Å². The molecule has 0 fully saturated rings. The number of benzene rings is 1. The number of aliphatic carboxylic acids is 1. The fraction of sp³-hybridized carbons (Fsp3) is 0.636. The van der Waals surface area contributed by atoms with Crippen molar-refractivity contribution < 1.29 is 63.3 Å². The Morgan fingerprint density at radius 2 is 1.00 bits per heavy atom. The zero-order chi connectivity index (χ0) is 51.3. The van der Waals surface area contributed by atoms with Gasteiger partial charge in [0.05, 0.1) is 25.6 Å². The normalized spacial score (nSPS) is 14.9. The molecule has 15 N–H and O–H groups in total. The lowest BCUT2D eigenvalue weighted by molar-refractivity contribution is -0.143. The molecule has 376 valence electrons. The molecule has 1 aromatic carbocycles. The van der Waals surface area contributed by atoms with Crippen LogP contribution in [0.5, 0.6) is 5.75 Å². The highest BCUT2D eigenvalue weighted by Gasteiger charge is 2.34. The second-order valence-corrected chi connectivity index (χ2v) is 18.1. The van der Waals surface area contributed by atoms with Gasteiger partial charge in [-0.05, 0) is 67.6 Å². The SMILES string of the molecule is CC(C)C[C@H](NC(=O)[C@@H](NC(=O)CNC(=O)[C@H](CO)NC(=O)[C@H](CC(C)C)NC(=O)[C@H](C)NC(=O)[C@H](CC(C)C)NC(=O)[C@H](Cc1ccc(O)cc1)NC(=O)[C@@H](N)CC(N)=O)C(C)C)C(=O)O. The van der Waals surface area contributed by atoms with Gasteiger partial charge >= 0.3 is 5.97 Å². The van der Waals surface area contributed by atoms with Crippen molar-refractivity contribution in [3.05, 3.63) is 29.8 Å².